The van der Waals surface area contributed by atoms with Crippen LogP contribution in [0.5, 0.6) is 0 Å². The Labute approximate surface area is 74.1 Å². The average Bonchev–Trinajstić information content (AvgIpc) is 1.96. The fourth-order valence-corrected chi connectivity index (χ4v) is 1.55. The summed E-state index contributed by atoms with van der Waals surface area (Å²) in [6.45, 7) is 0. The minimum absolute atomic E-state index is 0.300. The van der Waals surface area contributed by atoms with Crippen molar-refractivity contribution in [2.45, 2.75) is 37.3 Å². The van der Waals surface area contributed by atoms with Gasteiger partial charge in [-0.1, -0.05) is 0 Å². The summed E-state index contributed by atoms with van der Waals surface area (Å²) < 4.78 is 26.1. The van der Waals surface area contributed by atoms with Crippen LogP contribution in [-0.2, 0) is 0 Å². The van der Waals surface area contributed by atoms with Crippen LogP contribution in [0.1, 0.15) is 19.3 Å². The van der Waals surface area contributed by atoms with Gasteiger partial charge in [-0.15, -0.1) is 0 Å². The monoisotopic (exact) mass is 194 g/mol. The van der Waals surface area contributed by atoms with Crippen molar-refractivity contribution in [1.29, 1.82) is 0 Å². The van der Waals surface area contributed by atoms with Crippen molar-refractivity contribution < 1.29 is 18.7 Å². The molecule has 0 aromatic heterocycles. The number of nitrogens with two attached hydrogens (primary N) is 1. The predicted molar refractivity (Wildman–Crippen MR) is 41.7 cm³/mol. The Morgan fingerprint density at radius 3 is 2.69 bits per heavy atom. The lowest BCUT2D eigenvalue weighted by molar-refractivity contribution is -0.0679. The van der Waals surface area contributed by atoms with Gasteiger partial charge < -0.3 is 16.2 Å². The first-order valence-electron chi connectivity index (χ1n) is 4.06. The Morgan fingerprint density at radius 1 is 1.62 bits per heavy atom. The summed E-state index contributed by atoms with van der Waals surface area (Å²) in [5.41, 5.74) is 5.40. The van der Waals surface area contributed by atoms with E-state index >= 15 is 0 Å². The van der Waals surface area contributed by atoms with Crippen LogP contribution in [0.2, 0.25) is 0 Å². The first-order chi connectivity index (χ1) is 5.93. The van der Waals surface area contributed by atoms with Gasteiger partial charge in [0.05, 0.1) is 0 Å². The first kappa shape index (κ1) is 10.2. The van der Waals surface area contributed by atoms with Crippen LogP contribution in [0.25, 0.3) is 0 Å². The van der Waals surface area contributed by atoms with Gasteiger partial charge >= 0.3 is 6.09 Å². The third kappa shape index (κ3) is 2.27. The van der Waals surface area contributed by atoms with Crippen LogP contribution in [0.3, 0.4) is 0 Å². The zero-order valence-electron chi connectivity index (χ0n) is 6.96. The maximum atomic E-state index is 13.1. The maximum absolute atomic E-state index is 13.1. The molecule has 6 heteroatoms. The van der Waals surface area contributed by atoms with E-state index in [1.165, 1.54) is 0 Å². The van der Waals surface area contributed by atoms with Crippen LogP contribution < -0.4 is 11.1 Å². The quantitative estimate of drug-likeness (QED) is 0.577. The molecule has 0 aromatic carbocycles. The minimum atomic E-state index is -3.02. The third-order valence-electron chi connectivity index (χ3n) is 2.21. The molecule has 1 aliphatic rings. The molecule has 0 heterocycles. The second kappa shape index (κ2) is 3.45. The normalized spacial score (nSPS) is 32.5. The van der Waals surface area contributed by atoms with Gasteiger partial charge in [-0.05, 0) is 12.8 Å². The molecule has 13 heavy (non-hydrogen) atoms. The molecule has 0 saturated heterocycles. The van der Waals surface area contributed by atoms with Crippen LogP contribution >= 0.6 is 0 Å². The molecular formula is C7H12F2N2O2. The molecular weight excluding hydrogens is 182 g/mol. The molecule has 0 aliphatic heterocycles. The number of rotatable bonds is 1. The van der Waals surface area contributed by atoms with Gasteiger partial charge in [0, 0.05) is 12.5 Å². The van der Waals surface area contributed by atoms with Gasteiger partial charge in [0.15, 0.2) is 0 Å². The Bertz CT molecular complexity index is 211. The number of carboxylic acid groups (broad SMARTS) is 1. The second-order valence-corrected chi connectivity index (χ2v) is 3.24. The fourth-order valence-electron chi connectivity index (χ4n) is 1.55. The molecule has 1 aliphatic carbocycles. The number of halogens is 2. The number of hydrogen-bond acceptors (Lipinski definition) is 2. The lowest BCUT2D eigenvalue weighted by Crippen LogP contribution is -2.59. The topological polar surface area (TPSA) is 75.3 Å². The highest BCUT2D eigenvalue weighted by Gasteiger charge is 2.46. The summed E-state index contributed by atoms with van der Waals surface area (Å²) in [7, 11) is 0. The minimum Gasteiger partial charge on any atom is -0.465 e. The van der Waals surface area contributed by atoms with E-state index in [4.69, 9.17) is 10.8 Å². The summed E-state index contributed by atoms with van der Waals surface area (Å²) in [5, 5.41) is 10.1. The highest BCUT2D eigenvalue weighted by molar-refractivity contribution is 5.65. The number of nitrogens with one attached hydrogen (secondary N) is 1. The Kier molecular flexibility index (Phi) is 2.70. The van der Waals surface area contributed by atoms with Crippen LogP contribution in [0.15, 0.2) is 0 Å². The Balaban J connectivity index is 2.68. The van der Waals surface area contributed by atoms with Crippen molar-refractivity contribution in [1.82, 2.24) is 5.32 Å². The zero-order valence-corrected chi connectivity index (χ0v) is 6.96. The molecule has 0 bridgehead atoms. The molecule has 76 valence electrons. The van der Waals surface area contributed by atoms with Crippen molar-refractivity contribution in [3.8, 4) is 0 Å². The summed E-state index contributed by atoms with van der Waals surface area (Å²) in [6, 6.07) is -2.24. The third-order valence-corrected chi connectivity index (χ3v) is 2.21. The van der Waals surface area contributed by atoms with Crippen LogP contribution in [0, 0.1) is 0 Å². The number of alkyl halides is 2. The summed E-state index contributed by atoms with van der Waals surface area (Å²) in [5.74, 6) is -3.02. The van der Waals surface area contributed by atoms with Crippen molar-refractivity contribution in [3.63, 3.8) is 0 Å². The molecule has 2 atom stereocenters. The highest BCUT2D eigenvalue weighted by Crippen LogP contribution is 2.32. The predicted octanol–water partition coefficient (Wildman–Crippen LogP) is 0.769. The number of amides is 1. The van der Waals surface area contributed by atoms with Gasteiger partial charge in [0.2, 0.25) is 0 Å². The van der Waals surface area contributed by atoms with Crippen molar-refractivity contribution in [3.05, 3.63) is 0 Å². The Morgan fingerprint density at radius 2 is 2.23 bits per heavy atom. The SMILES string of the molecule is N[C@@H]1CCCC(F)(F)[C@@H]1NC(=O)O. The van der Waals surface area contributed by atoms with Gasteiger partial charge in [-0.3, -0.25) is 0 Å². The van der Waals surface area contributed by atoms with Crippen LogP contribution in [0.4, 0.5) is 13.6 Å². The summed E-state index contributed by atoms with van der Waals surface area (Å²) >= 11 is 0. The molecule has 0 unspecified atom stereocenters. The van der Waals surface area contributed by atoms with E-state index < -0.39 is 24.1 Å². The zero-order chi connectivity index (χ0) is 10.1. The van der Waals surface area contributed by atoms with E-state index in [0.717, 1.165) is 0 Å². The van der Waals surface area contributed by atoms with E-state index in [0.29, 0.717) is 12.8 Å². The standard InChI is InChI=1S/C7H12F2N2O2/c8-7(9)3-1-2-4(10)5(7)11-6(12)13/h4-5,11H,1-3,10H2,(H,12,13)/t4-,5-/m1/s1. The second-order valence-electron chi connectivity index (χ2n) is 3.24. The van der Waals surface area contributed by atoms with Gasteiger partial charge in [0.1, 0.15) is 6.04 Å². The van der Waals surface area contributed by atoms with Crippen molar-refractivity contribution >= 4 is 6.09 Å². The van der Waals surface area contributed by atoms with E-state index in [1.807, 2.05) is 0 Å². The molecule has 4 nitrogen and oxygen atoms in total. The maximum Gasteiger partial charge on any atom is 0.405 e. The van der Waals surface area contributed by atoms with E-state index in [2.05, 4.69) is 0 Å². The average molecular weight is 194 g/mol. The van der Waals surface area contributed by atoms with E-state index in [9.17, 15) is 13.6 Å². The van der Waals surface area contributed by atoms with Crippen molar-refractivity contribution in [2.24, 2.45) is 5.73 Å². The molecule has 0 spiro atoms. The lowest BCUT2D eigenvalue weighted by atomic mass is 9.87. The van der Waals surface area contributed by atoms with Crippen molar-refractivity contribution in [2.75, 3.05) is 0 Å². The molecule has 1 amide bonds. The van der Waals surface area contributed by atoms with Gasteiger partial charge in [0.25, 0.3) is 5.92 Å². The Hall–Kier alpha value is -0.910. The number of carbonyl (C=O) groups is 1. The van der Waals surface area contributed by atoms with Crippen LogP contribution in [-0.4, -0.2) is 29.2 Å². The lowest BCUT2D eigenvalue weighted by Gasteiger charge is -2.35. The molecule has 4 N–H and O–H groups in total. The van der Waals surface area contributed by atoms with E-state index in [1.54, 1.807) is 5.32 Å². The molecule has 0 radical (unpaired) electrons. The largest absolute Gasteiger partial charge is 0.465 e. The molecule has 1 rings (SSSR count). The van der Waals surface area contributed by atoms with Gasteiger partial charge in [-0.25, -0.2) is 13.6 Å². The smallest absolute Gasteiger partial charge is 0.405 e. The van der Waals surface area contributed by atoms with Gasteiger partial charge in [-0.2, -0.15) is 0 Å². The van der Waals surface area contributed by atoms with E-state index in [-0.39, 0.29) is 6.42 Å². The first-order valence-corrected chi connectivity index (χ1v) is 4.06. The fraction of sp³-hybridized carbons (Fsp3) is 0.857. The molecule has 1 saturated carbocycles. The molecule has 1 fully saturated rings. The summed E-state index contributed by atoms with van der Waals surface area (Å²) in [4.78, 5) is 10.2. The highest BCUT2D eigenvalue weighted by atomic mass is 19.3. The number of hydrogen-bond donors (Lipinski definition) is 3. The summed E-state index contributed by atoms with van der Waals surface area (Å²) in [6.07, 6.45) is -0.986. The molecule has 0 aromatic rings.